The Hall–Kier alpha value is -3.53. The Kier molecular flexibility index (Phi) is 2.71. The number of aryl methyl sites for hydroxylation is 1. The standard InChI is InChI=1S/C16H10N6O/c1-9-7-22-8-11(4-10(5-17)16(22)19-9)15-18-6-13-12(21-15)2-3-14(23)20-13/h2-4,6-8H,1H3,(H,20,23). The van der Waals surface area contributed by atoms with Gasteiger partial charge >= 0.3 is 0 Å². The SMILES string of the molecule is Cc1cn2cc(-c3ncc4[nH]c(=O)ccc4n3)cc(C#N)c2n1. The van der Waals surface area contributed by atoms with Crippen LogP contribution in [0, 0.1) is 18.3 Å². The Balaban J connectivity index is 1.96. The first-order valence-electron chi connectivity index (χ1n) is 6.90. The van der Waals surface area contributed by atoms with Crippen LogP contribution in [0.1, 0.15) is 11.3 Å². The number of aromatic amines is 1. The van der Waals surface area contributed by atoms with Crippen LogP contribution in [0.2, 0.25) is 0 Å². The molecule has 4 aromatic rings. The summed E-state index contributed by atoms with van der Waals surface area (Å²) in [4.78, 5) is 27.1. The quantitative estimate of drug-likeness (QED) is 0.578. The second-order valence-corrected chi connectivity index (χ2v) is 5.18. The van der Waals surface area contributed by atoms with Crippen LogP contribution in [0.4, 0.5) is 0 Å². The molecule has 0 saturated carbocycles. The molecule has 0 aliphatic heterocycles. The molecular weight excluding hydrogens is 292 g/mol. The highest BCUT2D eigenvalue weighted by Crippen LogP contribution is 2.21. The first-order valence-corrected chi connectivity index (χ1v) is 6.90. The third kappa shape index (κ3) is 2.13. The number of imidazole rings is 1. The molecule has 1 N–H and O–H groups in total. The van der Waals surface area contributed by atoms with Crippen LogP contribution in [-0.2, 0) is 0 Å². The van der Waals surface area contributed by atoms with E-state index < -0.39 is 0 Å². The zero-order valence-electron chi connectivity index (χ0n) is 12.1. The first-order chi connectivity index (χ1) is 11.1. The van der Waals surface area contributed by atoms with E-state index in [1.165, 1.54) is 6.07 Å². The van der Waals surface area contributed by atoms with E-state index >= 15 is 0 Å². The first kappa shape index (κ1) is 13.2. The van der Waals surface area contributed by atoms with Crippen LogP contribution in [0.15, 0.2) is 41.6 Å². The molecule has 0 aliphatic carbocycles. The number of nitriles is 1. The molecule has 0 unspecified atom stereocenters. The number of pyridine rings is 2. The van der Waals surface area contributed by atoms with Gasteiger partial charge in [-0.25, -0.2) is 15.0 Å². The van der Waals surface area contributed by atoms with Crippen LogP contribution in [0.3, 0.4) is 0 Å². The number of rotatable bonds is 1. The number of H-pyrrole nitrogens is 1. The van der Waals surface area contributed by atoms with Crippen LogP contribution < -0.4 is 5.56 Å². The summed E-state index contributed by atoms with van der Waals surface area (Å²) in [5.41, 5.74) is 3.61. The lowest BCUT2D eigenvalue weighted by molar-refractivity contribution is 1.14. The van der Waals surface area contributed by atoms with Crippen molar-refractivity contribution in [2.75, 3.05) is 0 Å². The van der Waals surface area contributed by atoms with Gasteiger partial charge < -0.3 is 9.38 Å². The third-order valence-electron chi connectivity index (χ3n) is 3.52. The average Bonchev–Trinajstić information content (AvgIpc) is 2.93. The molecule has 0 amide bonds. The van der Waals surface area contributed by atoms with E-state index in [1.54, 1.807) is 22.7 Å². The fourth-order valence-electron chi connectivity index (χ4n) is 2.51. The van der Waals surface area contributed by atoms with Crippen LogP contribution >= 0.6 is 0 Å². The molecule has 0 aromatic carbocycles. The second-order valence-electron chi connectivity index (χ2n) is 5.18. The summed E-state index contributed by atoms with van der Waals surface area (Å²) in [6.45, 7) is 1.87. The van der Waals surface area contributed by atoms with Gasteiger partial charge in [0.05, 0.1) is 28.5 Å². The Morgan fingerprint density at radius 2 is 2.13 bits per heavy atom. The Bertz CT molecular complexity index is 1160. The van der Waals surface area contributed by atoms with Crippen LogP contribution in [0.5, 0.6) is 0 Å². The molecule has 0 saturated heterocycles. The molecular formula is C16H10N6O. The number of nitrogens with zero attached hydrogens (tertiary/aromatic N) is 5. The number of aromatic nitrogens is 5. The number of nitrogens with one attached hydrogen (secondary N) is 1. The molecule has 4 heterocycles. The summed E-state index contributed by atoms with van der Waals surface area (Å²) < 4.78 is 1.80. The summed E-state index contributed by atoms with van der Waals surface area (Å²) in [6.07, 6.45) is 5.25. The third-order valence-corrected chi connectivity index (χ3v) is 3.52. The maximum Gasteiger partial charge on any atom is 0.248 e. The summed E-state index contributed by atoms with van der Waals surface area (Å²) in [7, 11) is 0. The summed E-state index contributed by atoms with van der Waals surface area (Å²) in [5, 5.41) is 9.33. The molecule has 0 radical (unpaired) electrons. The zero-order chi connectivity index (χ0) is 16.0. The van der Waals surface area contributed by atoms with Crippen LogP contribution in [-0.4, -0.2) is 24.3 Å². The van der Waals surface area contributed by atoms with E-state index in [1.807, 2.05) is 19.3 Å². The van der Waals surface area contributed by atoms with Crippen molar-refractivity contribution < 1.29 is 0 Å². The monoisotopic (exact) mass is 302 g/mol. The van der Waals surface area contributed by atoms with Crippen molar-refractivity contribution in [1.29, 1.82) is 5.26 Å². The van der Waals surface area contributed by atoms with Gasteiger partial charge in [0.2, 0.25) is 5.56 Å². The van der Waals surface area contributed by atoms with Crippen molar-refractivity contribution in [1.82, 2.24) is 24.3 Å². The van der Waals surface area contributed by atoms with Crippen molar-refractivity contribution in [3.05, 3.63) is 58.4 Å². The lowest BCUT2D eigenvalue weighted by Crippen LogP contribution is -2.04. The van der Waals surface area contributed by atoms with E-state index in [2.05, 4.69) is 26.0 Å². The predicted octanol–water partition coefficient (Wildman–Crippen LogP) is 1.81. The largest absolute Gasteiger partial charge is 0.319 e. The maximum atomic E-state index is 11.3. The molecule has 23 heavy (non-hydrogen) atoms. The fourth-order valence-corrected chi connectivity index (χ4v) is 2.51. The van der Waals surface area contributed by atoms with E-state index in [0.29, 0.717) is 33.6 Å². The predicted molar refractivity (Wildman–Crippen MR) is 83.8 cm³/mol. The molecule has 0 spiro atoms. The van der Waals surface area contributed by atoms with Gasteiger partial charge in [0, 0.05) is 24.0 Å². The van der Waals surface area contributed by atoms with Gasteiger partial charge in [0.1, 0.15) is 6.07 Å². The van der Waals surface area contributed by atoms with Gasteiger partial charge in [-0.2, -0.15) is 5.26 Å². The minimum absolute atomic E-state index is 0.198. The molecule has 110 valence electrons. The normalized spacial score (nSPS) is 11.0. The Labute approximate surface area is 129 Å². The number of fused-ring (bicyclic) bond motifs is 2. The molecule has 0 fully saturated rings. The number of hydrogen-bond acceptors (Lipinski definition) is 5. The van der Waals surface area contributed by atoms with E-state index in [-0.39, 0.29) is 5.56 Å². The van der Waals surface area contributed by atoms with E-state index in [4.69, 9.17) is 0 Å². The van der Waals surface area contributed by atoms with Gasteiger partial charge in [0.15, 0.2) is 11.5 Å². The molecule has 7 nitrogen and oxygen atoms in total. The highest BCUT2D eigenvalue weighted by Gasteiger charge is 2.10. The fraction of sp³-hybridized carbons (Fsp3) is 0.0625. The lowest BCUT2D eigenvalue weighted by Gasteiger charge is -2.04. The highest BCUT2D eigenvalue weighted by atomic mass is 16.1. The Morgan fingerprint density at radius 1 is 1.26 bits per heavy atom. The van der Waals surface area contributed by atoms with E-state index in [9.17, 15) is 10.1 Å². The topological polar surface area (TPSA) is 99.7 Å². The van der Waals surface area contributed by atoms with Crippen molar-refractivity contribution >= 4 is 16.7 Å². The van der Waals surface area contributed by atoms with E-state index in [0.717, 1.165) is 5.69 Å². The molecule has 4 rings (SSSR count). The smallest absolute Gasteiger partial charge is 0.248 e. The molecule has 7 heteroatoms. The summed E-state index contributed by atoms with van der Waals surface area (Å²) in [5.74, 6) is 0.481. The van der Waals surface area contributed by atoms with Crippen molar-refractivity contribution in [3.63, 3.8) is 0 Å². The summed E-state index contributed by atoms with van der Waals surface area (Å²) in [6, 6.07) is 6.93. The second kappa shape index (κ2) is 4.74. The highest BCUT2D eigenvalue weighted by molar-refractivity contribution is 5.76. The molecule has 0 aliphatic rings. The van der Waals surface area contributed by atoms with Gasteiger partial charge in [0.25, 0.3) is 0 Å². The van der Waals surface area contributed by atoms with Crippen molar-refractivity contribution in [2.24, 2.45) is 0 Å². The van der Waals surface area contributed by atoms with Gasteiger partial charge in [-0.3, -0.25) is 4.79 Å². The van der Waals surface area contributed by atoms with Crippen molar-refractivity contribution in [2.45, 2.75) is 6.92 Å². The minimum Gasteiger partial charge on any atom is -0.319 e. The number of hydrogen-bond donors (Lipinski definition) is 1. The molecule has 0 atom stereocenters. The molecule has 0 bridgehead atoms. The summed E-state index contributed by atoms with van der Waals surface area (Å²) >= 11 is 0. The van der Waals surface area contributed by atoms with Gasteiger partial charge in [-0.05, 0) is 19.1 Å². The maximum absolute atomic E-state index is 11.3. The van der Waals surface area contributed by atoms with Gasteiger partial charge in [-0.15, -0.1) is 0 Å². The molecule has 4 aromatic heterocycles. The van der Waals surface area contributed by atoms with Gasteiger partial charge in [-0.1, -0.05) is 0 Å². The average molecular weight is 302 g/mol. The minimum atomic E-state index is -0.198. The lowest BCUT2D eigenvalue weighted by atomic mass is 10.2. The van der Waals surface area contributed by atoms with Crippen LogP contribution in [0.25, 0.3) is 28.1 Å². The van der Waals surface area contributed by atoms with Crippen molar-refractivity contribution in [3.8, 4) is 17.5 Å². The zero-order valence-corrected chi connectivity index (χ0v) is 12.1. The Morgan fingerprint density at radius 3 is 2.96 bits per heavy atom.